The normalized spacial score (nSPS) is 17.5. The van der Waals surface area contributed by atoms with E-state index in [1.54, 1.807) is 24.3 Å². The molecule has 0 unspecified atom stereocenters. The fourth-order valence-electron chi connectivity index (χ4n) is 2.01. The topological polar surface area (TPSA) is 64.6 Å². The molecule has 114 valence electrons. The predicted molar refractivity (Wildman–Crippen MR) is 79.2 cm³/mol. The third-order valence-corrected chi connectivity index (χ3v) is 3.39. The number of hydrogen-bond acceptors (Lipinski definition) is 4. The molecule has 1 N–H and O–H groups in total. The highest BCUT2D eigenvalue weighted by Gasteiger charge is 2.17. The van der Waals surface area contributed by atoms with Crippen LogP contribution in [0, 0.1) is 0 Å². The van der Waals surface area contributed by atoms with E-state index in [0.717, 1.165) is 19.4 Å². The molecule has 0 spiro atoms. The molecule has 0 aromatic heterocycles. The average molecular weight is 312 g/mol. The van der Waals surface area contributed by atoms with Gasteiger partial charge in [0, 0.05) is 23.7 Å². The fourth-order valence-corrected chi connectivity index (χ4v) is 2.13. The van der Waals surface area contributed by atoms with Crippen LogP contribution in [0.1, 0.15) is 25.7 Å². The molecule has 1 aliphatic rings. The maximum Gasteiger partial charge on any atom is 0.306 e. The van der Waals surface area contributed by atoms with Gasteiger partial charge >= 0.3 is 5.97 Å². The van der Waals surface area contributed by atoms with Crippen molar-refractivity contribution in [2.24, 2.45) is 0 Å². The summed E-state index contributed by atoms with van der Waals surface area (Å²) < 4.78 is 10.4. The van der Waals surface area contributed by atoms with Gasteiger partial charge in [0.1, 0.15) is 6.61 Å². The van der Waals surface area contributed by atoms with Crippen LogP contribution in [-0.2, 0) is 19.1 Å². The number of rotatable bonds is 6. The number of amides is 1. The van der Waals surface area contributed by atoms with Gasteiger partial charge in [-0.05, 0) is 37.1 Å². The second kappa shape index (κ2) is 8.00. The Morgan fingerprint density at radius 1 is 1.29 bits per heavy atom. The number of carbonyl (C=O) groups is 2. The number of halogens is 1. The zero-order valence-electron chi connectivity index (χ0n) is 11.6. The molecule has 6 heteroatoms. The van der Waals surface area contributed by atoms with Crippen LogP contribution in [0.25, 0.3) is 0 Å². The number of nitrogens with one attached hydrogen (secondary N) is 1. The molecule has 0 radical (unpaired) electrons. The van der Waals surface area contributed by atoms with Crippen LogP contribution in [-0.4, -0.2) is 31.2 Å². The summed E-state index contributed by atoms with van der Waals surface area (Å²) in [6.07, 6.45) is 2.09. The minimum Gasteiger partial charge on any atom is -0.463 e. The number of ether oxygens (including phenoxy) is 2. The summed E-state index contributed by atoms with van der Waals surface area (Å²) in [4.78, 5) is 23.2. The Hall–Kier alpha value is -1.59. The molecular formula is C15H18ClNO4. The van der Waals surface area contributed by atoms with Crippen molar-refractivity contribution in [1.29, 1.82) is 0 Å². The summed E-state index contributed by atoms with van der Waals surface area (Å²) in [5.41, 5.74) is 0.650. The monoisotopic (exact) mass is 311 g/mol. The first-order chi connectivity index (χ1) is 10.1. The van der Waals surface area contributed by atoms with Gasteiger partial charge in [0.25, 0.3) is 0 Å². The summed E-state index contributed by atoms with van der Waals surface area (Å²) in [6, 6.07) is 6.78. The summed E-state index contributed by atoms with van der Waals surface area (Å²) in [6.45, 7) is 1.00. The van der Waals surface area contributed by atoms with E-state index in [4.69, 9.17) is 21.1 Å². The molecule has 0 bridgehead atoms. The molecule has 1 aromatic carbocycles. The van der Waals surface area contributed by atoms with E-state index in [9.17, 15) is 9.59 Å². The largest absolute Gasteiger partial charge is 0.463 e. The zero-order chi connectivity index (χ0) is 15.1. The molecule has 1 heterocycles. The van der Waals surface area contributed by atoms with Crippen LogP contribution in [0.5, 0.6) is 0 Å². The number of esters is 1. The van der Waals surface area contributed by atoms with Crippen molar-refractivity contribution < 1.29 is 19.1 Å². The van der Waals surface area contributed by atoms with E-state index in [0.29, 0.717) is 10.7 Å². The van der Waals surface area contributed by atoms with Crippen molar-refractivity contribution in [3.8, 4) is 0 Å². The molecule has 21 heavy (non-hydrogen) atoms. The lowest BCUT2D eigenvalue weighted by molar-refractivity contribution is -0.147. The highest BCUT2D eigenvalue weighted by molar-refractivity contribution is 6.30. The lowest BCUT2D eigenvalue weighted by atomic mass is 10.2. The van der Waals surface area contributed by atoms with Gasteiger partial charge in [-0.3, -0.25) is 9.59 Å². The Morgan fingerprint density at radius 2 is 2.05 bits per heavy atom. The van der Waals surface area contributed by atoms with Crippen molar-refractivity contribution in [2.75, 3.05) is 18.5 Å². The zero-order valence-corrected chi connectivity index (χ0v) is 12.4. The first kappa shape index (κ1) is 15.8. The SMILES string of the molecule is O=C(CCC(=O)OC[C@@H]1CCCO1)Nc1ccc(Cl)cc1. The Labute approximate surface area is 128 Å². The van der Waals surface area contributed by atoms with Crippen LogP contribution in [0.4, 0.5) is 5.69 Å². The van der Waals surface area contributed by atoms with Crippen LogP contribution in [0.2, 0.25) is 5.02 Å². The third-order valence-electron chi connectivity index (χ3n) is 3.14. The first-order valence-electron chi connectivity index (χ1n) is 6.96. The summed E-state index contributed by atoms with van der Waals surface area (Å²) in [5, 5.41) is 3.29. The second-order valence-corrected chi connectivity index (χ2v) is 5.31. The molecule has 5 nitrogen and oxygen atoms in total. The molecule has 1 saturated heterocycles. The maximum absolute atomic E-state index is 11.7. The van der Waals surface area contributed by atoms with Crippen molar-refractivity contribution in [2.45, 2.75) is 31.8 Å². The van der Waals surface area contributed by atoms with Crippen molar-refractivity contribution in [3.05, 3.63) is 29.3 Å². The van der Waals surface area contributed by atoms with Gasteiger partial charge in [-0.15, -0.1) is 0 Å². The van der Waals surface area contributed by atoms with Gasteiger partial charge in [-0.1, -0.05) is 11.6 Å². The minimum atomic E-state index is -0.378. The summed E-state index contributed by atoms with van der Waals surface area (Å²) >= 11 is 5.76. The first-order valence-corrected chi connectivity index (χ1v) is 7.34. The van der Waals surface area contributed by atoms with E-state index in [1.165, 1.54) is 0 Å². The van der Waals surface area contributed by atoms with E-state index < -0.39 is 0 Å². The molecular weight excluding hydrogens is 294 g/mol. The highest BCUT2D eigenvalue weighted by Crippen LogP contribution is 2.14. The summed E-state index contributed by atoms with van der Waals surface area (Å²) in [7, 11) is 0. The van der Waals surface area contributed by atoms with E-state index in [2.05, 4.69) is 5.32 Å². The number of carbonyl (C=O) groups excluding carboxylic acids is 2. The van der Waals surface area contributed by atoms with E-state index in [1.807, 2.05) is 0 Å². The molecule has 0 saturated carbocycles. The Bertz CT molecular complexity index is 483. The van der Waals surface area contributed by atoms with Crippen LogP contribution < -0.4 is 5.32 Å². The lowest BCUT2D eigenvalue weighted by Gasteiger charge is -2.10. The van der Waals surface area contributed by atoms with Gasteiger partial charge in [0.15, 0.2) is 0 Å². The Balaban J connectivity index is 1.63. The highest BCUT2D eigenvalue weighted by atomic mass is 35.5. The molecule has 1 amide bonds. The molecule has 1 fully saturated rings. The smallest absolute Gasteiger partial charge is 0.306 e. The molecule has 1 atom stereocenters. The fraction of sp³-hybridized carbons (Fsp3) is 0.467. The van der Waals surface area contributed by atoms with E-state index >= 15 is 0 Å². The third kappa shape index (κ3) is 5.73. The van der Waals surface area contributed by atoms with Gasteiger partial charge in [0.2, 0.25) is 5.91 Å². The molecule has 0 aliphatic carbocycles. The predicted octanol–water partition coefficient (Wildman–Crippen LogP) is 2.78. The van der Waals surface area contributed by atoms with Crippen molar-refractivity contribution in [3.63, 3.8) is 0 Å². The van der Waals surface area contributed by atoms with Gasteiger partial charge in [-0.2, -0.15) is 0 Å². The van der Waals surface area contributed by atoms with Gasteiger partial charge < -0.3 is 14.8 Å². The average Bonchev–Trinajstić information content (AvgIpc) is 2.99. The van der Waals surface area contributed by atoms with Crippen molar-refractivity contribution in [1.82, 2.24) is 0 Å². The maximum atomic E-state index is 11.7. The van der Waals surface area contributed by atoms with Gasteiger partial charge in [0.05, 0.1) is 12.5 Å². The molecule has 1 aliphatic heterocycles. The lowest BCUT2D eigenvalue weighted by Crippen LogP contribution is -2.19. The summed E-state index contributed by atoms with van der Waals surface area (Å²) in [5.74, 6) is -0.608. The second-order valence-electron chi connectivity index (χ2n) is 4.87. The van der Waals surface area contributed by atoms with Gasteiger partial charge in [-0.25, -0.2) is 0 Å². The number of benzene rings is 1. The quantitative estimate of drug-likeness (QED) is 0.820. The van der Waals surface area contributed by atoms with Crippen LogP contribution >= 0.6 is 11.6 Å². The Kier molecular flexibility index (Phi) is 6.02. The van der Waals surface area contributed by atoms with Crippen LogP contribution in [0.15, 0.2) is 24.3 Å². The molecule has 2 rings (SSSR count). The number of hydrogen-bond donors (Lipinski definition) is 1. The van der Waals surface area contributed by atoms with Crippen LogP contribution in [0.3, 0.4) is 0 Å². The standard InChI is InChI=1S/C15H18ClNO4/c16-11-3-5-12(6-4-11)17-14(18)7-8-15(19)21-10-13-2-1-9-20-13/h3-6,13H,1-2,7-10H2,(H,17,18)/t13-/m0/s1. The minimum absolute atomic E-state index is 0.0110. The van der Waals surface area contributed by atoms with Crippen molar-refractivity contribution >= 4 is 29.2 Å². The molecule has 1 aromatic rings. The number of anilines is 1. The van der Waals surface area contributed by atoms with E-state index in [-0.39, 0.29) is 37.4 Å². The Morgan fingerprint density at radius 3 is 2.71 bits per heavy atom.